The Bertz CT molecular complexity index is 880. The number of fused-ring (bicyclic) bond motifs is 3. The number of hydrogen-bond acceptors (Lipinski definition) is 4. The van der Waals surface area contributed by atoms with Crippen LogP contribution in [-0.2, 0) is 0 Å². The van der Waals surface area contributed by atoms with Gasteiger partial charge >= 0.3 is 0 Å². The van der Waals surface area contributed by atoms with Gasteiger partial charge < -0.3 is 5.32 Å². The van der Waals surface area contributed by atoms with Crippen LogP contribution in [0.5, 0.6) is 0 Å². The number of para-hydroxylation sites is 1. The summed E-state index contributed by atoms with van der Waals surface area (Å²) < 4.78 is 0. The topological polar surface area (TPSA) is 79.0 Å². The minimum absolute atomic E-state index is 0.0350. The van der Waals surface area contributed by atoms with E-state index in [-0.39, 0.29) is 22.6 Å². The predicted molar refractivity (Wildman–Crippen MR) is 90.6 cm³/mol. The number of nitrogens with one attached hydrogen (secondary N) is 1. The van der Waals surface area contributed by atoms with Gasteiger partial charge in [-0.05, 0) is 29.5 Å². The SMILES string of the molecule is N#Cc1cccc2c1NC(c1ccc([N+](=O)[O-])cc1)C1CC=CC21. The van der Waals surface area contributed by atoms with Crippen molar-refractivity contribution in [3.8, 4) is 6.07 Å². The molecular formula is C19H15N3O2. The second-order valence-corrected chi connectivity index (χ2v) is 6.21. The molecule has 2 aliphatic rings. The zero-order valence-electron chi connectivity index (χ0n) is 12.8. The molecule has 24 heavy (non-hydrogen) atoms. The largest absolute Gasteiger partial charge is 0.377 e. The first-order valence-corrected chi connectivity index (χ1v) is 7.89. The third kappa shape index (κ3) is 2.16. The quantitative estimate of drug-likeness (QED) is 0.509. The van der Waals surface area contributed by atoms with E-state index in [0.29, 0.717) is 11.5 Å². The van der Waals surface area contributed by atoms with Gasteiger partial charge in [-0.15, -0.1) is 0 Å². The van der Waals surface area contributed by atoms with Gasteiger partial charge in [0.25, 0.3) is 5.69 Å². The first-order chi connectivity index (χ1) is 11.7. The molecule has 0 saturated carbocycles. The van der Waals surface area contributed by atoms with E-state index < -0.39 is 0 Å². The van der Waals surface area contributed by atoms with Crippen LogP contribution in [0.3, 0.4) is 0 Å². The fraction of sp³-hybridized carbons (Fsp3) is 0.211. The van der Waals surface area contributed by atoms with Gasteiger partial charge in [-0.1, -0.05) is 36.4 Å². The van der Waals surface area contributed by atoms with E-state index in [1.165, 1.54) is 0 Å². The van der Waals surface area contributed by atoms with E-state index in [4.69, 9.17) is 0 Å². The molecule has 4 rings (SSSR count). The summed E-state index contributed by atoms with van der Waals surface area (Å²) in [7, 11) is 0. The average molecular weight is 317 g/mol. The van der Waals surface area contributed by atoms with Crippen LogP contribution in [0.1, 0.15) is 35.1 Å². The van der Waals surface area contributed by atoms with Crippen molar-refractivity contribution in [2.45, 2.75) is 18.4 Å². The van der Waals surface area contributed by atoms with Crippen LogP contribution in [0.15, 0.2) is 54.6 Å². The van der Waals surface area contributed by atoms with Crippen molar-refractivity contribution in [1.29, 1.82) is 5.26 Å². The van der Waals surface area contributed by atoms with Crippen molar-refractivity contribution in [3.05, 3.63) is 81.4 Å². The summed E-state index contributed by atoms with van der Waals surface area (Å²) in [6, 6.07) is 14.8. The van der Waals surface area contributed by atoms with Gasteiger partial charge in [0.05, 0.1) is 22.2 Å². The second kappa shape index (κ2) is 5.50. The third-order valence-corrected chi connectivity index (χ3v) is 4.98. The third-order valence-electron chi connectivity index (χ3n) is 4.98. The second-order valence-electron chi connectivity index (χ2n) is 6.21. The molecule has 0 bridgehead atoms. The normalized spacial score (nSPS) is 23.7. The number of rotatable bonds is 2. The van der Waals surface area contributed by atoms with Gasteiger partial charge in [-0.25, -0.2) is 0 Å². The van der Waals surface area contributed by atoms with Crippen molar-refractivity contribution in [2.24, 2.45) is 5.92 Å². The molecule has 2 aromatic rings. The Morgan fingerprint density at radius 3 is 2.71 bits per heavy atom. The molecule has 1 heterocycles. The zero-order valence-corrected chi connectivity index (χ0v) is 12.8. The van der Waals surface area contributed by atoms with E-state index in [1.54, 1.807) is 12.1 Å². The summed E-state index contributed by atoms with van der Waals surface area (Å²) in [4.78, 5) is 10.5. The molecule has 0 radical (unpaired) electrons. The van der Waals surface area contributed by atoms with Gasteiger partial charge in [0.15, 0.2) is 0 Å². The van der Waals surface area contributed by atoms with Crippen LogP contribution < -0.4 is 5.32 Å². The molecule has 2 aromatic carbocycles. The van der Waals surface area contributed by atoms with Gasteiger partial charge in [0.2, 0.25) is 0 Å². The molecule has 0 saturated heterocycles. The van der Waals surface area contributed by atoms with Gasteiger partial charge in [0.1, 0.15) is 6.07 Å². The van der Waals surface area contributed by atoms with E-state index in [0.717, 1.165) is 23.2 Å². The predicted octanol–water partition coefficient (Wildman–Crippen LogP) is 4.29. The number of benzene rings is 2. The summed E-state index contributed by atoms with van der Waals surface area (Å²) in [6.07, 6.45) is 5.35. The van der Waals surface area contributed by atoms with E-state index in [2.05, 4.69) is 29.6 Å². The molecule has 118 valence electrons. The maximum Gasteiger partial charge on any atom is 0.269 e. The summed E-state index contributed by atoms with van der Waals surface area (Å²) in [5.41, 5.74) is 3.78. The van der Waals surface area contributed by atoms with Crippen molar-refractivity contribution in [2.75, 3.05) is 5.32 Å². The molecule has 3 unspecified atom stereocenters. The lowest BCUT2D eigenvalue weighted by Gasteiger charge is -2.37. The van der Waals surface area contributed by atoms with Crippen LogP contribution >= 0.6 is 0 Å². The molecule has 1 aliphatic heterocycles. The number of non-ortho nitro benzene ring substituents is 1. The van der Waals surface area contributed by atoms with Crippen molar-refractivity contribution < 1.29 is 4.92 Å². The zero-order chi connectivity index (χ0) is 16.7. The Hall–Kier alpha value is -3.13. The van der Waals surface area contributed by atoms with Crippen LogP contribution in [-0.4, -0.2) is 4.92 Å². The maximum atomic E-state index is 10.9. The lowest BCUT2D eigenvalue weighted by Crippen LogP contribution is -2.29. The summed E-state index contributed by atoms with van der Waals surface area (Å²) in [5.74, 6) is 0.627. The van der Waals surface area contributed by atoms with Gasteiger partial charge in [-0.2, -0.15) is 5.26 Å². The lowest BCUT2D eigenvalue weighted by atomic mass is 9.76. The van der Waals surface area contributed by atoms with Crippen molar-refractivity contribution in [1.82, 2.24) is 0 Å². The molecule has 1 N–H and O–H groups in total. The molecule has 5 heteroatoms. The summed E-state index contributed by atoms with van der Waals surface area (Å²) >= 11 is 0. The highest BCUT2D eigenvalue weighted by molar-refractivity contribution is 5.67. The molecule has 0 spiro atoms. The van der Waals surface area contributed by atoms with Crippen LogP contribution in [0.2, 0.25) is 0 Å². The van der Waals surface area contributed by atoms with Crippen LogP contribution in [0.25, 0.3) is 0 Å². The van der Waals surface area contributed by atoms with E-state index in [1.807, 2.05) is 24.3 Å². The molecule has 1 aliphatic carbocycles. The Balaban J connectivity index is 1.77. The summed E-state index contributed by atoms with van der Waals surface area (Å²) in [5, 5.41) is 23.8. The Kier molecular flexibility index (Phi) is 3.31. The highest BCUT2D eigenvalue weighted by Crippen LogP contribution is 2.50. The molecule has 0 amide bonds. The number of nitro groups is 1. The number of hydrogen-bond donors (Lipinski definition) is 1. The molecule has 0 fully saturated rings. The van der Waals surface area contributed by atoms with Crippen molar-refractivity contribution in [3.63, 3.8) is 0 Å². The first-order valence-electron chi connectivity index (χ1n) is 7.89. The first kappa shape index (κ1) is 14.5. The molecule has 0 aromatic heterocycles. The summed E-state index contributed by atoms with van der Waals surface area (Å²) in [6.45, 7) is 0. The Morgan fingerprint density at radius 2 is 2.00 bits per heavy atom. The monoisotopic (exact) mass is 317 g/mol. The number of nitrogens with zero attached hydrogens (tertiary/aromatic N) is 2. The van der Waals surface area contributed by atoms with Gasteiger partial charge in [0, 0.05) is 18.1 Å². The maximum absolute atomic E-state index is 10.9. The number of allylic oxidation sites excluding steroid dienone is 2. The van der Waals surface area contributed by atoms with E-state index in [9.17, 15) is 15.4 Å². The average Bonchev–Trinajstić information content (AvgIpc) is 3.10. The molecular weight excluding hydrogens is 302 g/mol. The Morgan fingerprint density at radius 1 is 1.21 bits per heavy atom. The fourth-order valence-corrected chi connectivity index (χ4v) is 3.85. The highest BCUT2D eigenvalue weighted by Gasteiger charge is 2.38. The van der Waals surface area contributed by atoms with Crippen LogP contribution in [0.4, 0.5) is 11.4 Å². The van der Waals surface area contributed by atoms with Crippen LogP contribution in [0, 0.1) is 27.4 Å². The van der Waals surface area contributed by atoms with E-state index >= 15 is 0 Å². The minimum atomic E-state index is -0.388. The number of anilines is 1. The fourth-order valence-electron chi connectivity index (χ4n) is 3.85. The minimum Gasteiger partial charge on any atom is -0.377 e. The lowest BCUT2D eigenvalue weighted by molar-refractivity contribution is -0.384. The number of nitriles is 1. The number of nitro benzene ring substituents is 1. The molecule has 3 atom stereocenters. The highest BCUT2D eigenvalue weighted by atomic mass is 16.6. The van der Waals surface area contributed by atoms with Gasteiger partial charge in [-0.3, -0.25) is 10.1 Å². The van der Waals surface area contributed by atoms with Crippen molar-refractivity contribution >= 4 is 11.4 Å². The smallest absolute Gasteiger partial charge is 0.269 e. The molecule has 5 nitrogen and oxygen atoms in total. The Labute approximate surface area is 139 Å². The standard InChI is InChI=1S/C19H15N3O2/c20-11-13-3-1-5-17-15-4-2-6-16(15)18(21-19(13)17)12-7-9-14(10-8-12)22(23)24/h1-5,7-10,15-16,18,21H,6H2.